The normalized spacial score (nSPS) is 18.5. The second kappa shape index (κ2) is 5.37. The van der Waals surface area contributed by atoms with Crippen LogP contribution in [-0.2, 0) is 10.2 Å². The molecular weight excluding hydrogens is 280 g/mol. The first-order chi connectivity index (χ1) is 10.6. The minimum Gasteiger partial charge on any atom is -0.497 e. The SMILES string of the molecule is COc1ccc(C2(c3ccc(OC)cc3)C[C@H]2C(=O)O)cc1. The first-order valence-electron chi connectivity index (χ1n) is 7.13. The summed E-state index contributed by atoms with van der Waals surface area (Å²) in [6.45, 7) is 0. The van der Waals surface area contributed by atoms with Crippen molar-refractivity contribution >= 4 is 5.97 Å². The highest BCUT2D eigenvalue weighted by molar-refractivity contribution is 5.79. The van der Waals surface area contributed by atoms with Gasteiger partial charge in [0.05, 0.1) is 20.1 Å². The molecule has 1 fully saturated rings. The summed E-state index contributed by atoms with van der Waals surface area (Å²) >= 11 is 0. The summed E-state index contributed by atoms with van der Waals surface area (Å²) in [5, 5.41) is 9.46. The van der Waals surface area contributed by atoms with Crippen molar-refractivity contribution in [1.29, 1.82) is 0 Å². The molecule has 1 aliphatic rings. The number of carbonyl (C=O) groups is 1. The Morgan fingerprint density at radius 1 is 0.955 bits per heavy atom. The van der Waals surface area contributed by atoms with Crippen LogP contribution >= 0.6 is 0 Å². The van der Waals surface area contributed by atoms with Gasteiger partial charge in [-0.1, -0.05) is 24.3 Å². The molecule has 0 saturated heterocycles. The van der Waals surface area contributed by atoms with Crippen molar-refractivity contribution in [3.63, 3.8) is 0 Å². The van der Waals surface area contributed by atoms with Crippen LogP contribution in [0, 0.1) is 5.92 Å². The third kappa shape index (κ3) is 2.21. The van der Waals surface area contributed by atoms with Crippen LogP contribution in [0.5, 0.6) is 11.5 Å². The lowest BCUT2D eigenvalue weighted by atomic mass is 9.85. The minimum atomic E-state index is -0.758. The maximum absolute atomic E-state index is 11.5. The fraction of sp³-hybridized carbons (Fsp3) is 0.278. The Balaban J connectivity index is 2.03. The smallest absolute Gasteiger partial charge is 0.307 e. The number of carboxylic acid groups (broad SMARTS) is 1. The van der Waals surface area contributed by atoms with Crippen molar-refractivity contribution in [2.75, 3.05) is 14.2 Å². The molecule has 0 unspecified atom stereocenters. The van der Waals surface area contributed by atoms with Crippen LogP contribution in [0.3, 0.4) is 0 Å². The first-order valence-corrected chi connectivity index (χ1v) is 7.13. The Hall–Kier alpha value is -2.49. The molecule has 114 valence electrons. The van der Waals surface area contributed by atoms with E-state index < -0.39 is 17.3 Å². The summed E-state index contributed by atoms with van der Waals surface area (Å²) in [5.74, 6) is 0.378. The second-order valence-electron chi connectivity index (χ2n) is 5.52. The Kier molecular flexibility index (Phi) is 3.53. The van der Waals surface area contributed by atoms with Crippen LogP contribution in [0.15, 0.2) is 48.5 Å². The average molecular weight is 298 g/mol. The monoisotopic (exact) mass is 298 g/mol. The largest absolute Gasteiger partial charge is 0.497 e. The highest BCUT2D eigenvalue weighted by Crippen LogP contribution is 2.59. The van der Waals surface area contributed by atoms with Gasteiger partial charge >= 0.3 is 5.97 Å². The molecule has 0 heterocycles. The van der Waals surface area contributed by atoms with Gasteiger partial charge in [-0.25, -0.2) is 0 Å². The van der Waals surface area contributed by atoms with E-state index in [0.717, 1.165) is 22.6 Å². The molecule has 0 bridgehead atoms. The van der Waals surface area contributed by atoms with E-state index in [1.165, 1.54) is 0 Å². The summed E-state index contributed by atoms with van der Waals surface area (Å²) < 4.78 is 10.4. The molecule has 0 radical (unpaired) electrons. The van der Waals surface area contributed by atoms with Gasteiger partial charge in [-0.15, -0.1) is 0 Å². The van der Waals surface area contributed by atoms with E-state index in [0.29, 0.717) is 6.42 Å². The van der Waals surface area contributed by atoms with Gasteiger partial charge in [0.25, 0.3) is 0 Å². The summed E-state index contributed by atoms with van der Waals surface area (Å²) in [4.78, 5) is 11.5. The number of ether oxygens (including phenoxy) is 2. The second-order valence-corrected chi connectivity index (χ2v) is 5.52. The zero-order valence-corrected chi connectivity index (χ0v) is 12.6. The van der Waals surface area contributed by atoms with Gasteiger partial charge in [0, 0.05) is 5.41 Å². The van der Waals surface area contributed by atoms with Crippen molar-refractivity contribution in [2.24, 2.45) is 5.92 Å². The van der Waals surface area contributed by atoms with Gasteiger partial charge < -0.3 is 14.6 Å². The molecule has 1 N–H and O–H groups in total. The third-order valence-electron chi connectivity index (χ3n) is 4.47. The third-order valence-corrected chi connectivity index (χ3v) is 4.47. The van der Waals surface area contributed by atoms with Crippen LogP contribution < -0.4 is 9.47 Å². The number of hydrogen-bond acceptors (Lipinski definition) is 3. The number of carboxylic acids is 1. The van der Waals surface area contributed by atoms with E-state index in [-0.39, 0.29) is 0 Å². The van der Waals surface area contributed by atoms with Crippen LogP contribution in [0.4, 0.5) is 0 Å². The zero-order chi connectivity index (χ0) is 15.7. The highest BCUT2D eigenvalue weighted by atomic mass is 16.5. The van der Waals surface area contributed by atoms with E-state index in [2.05, 4.69) is 0 Å². The van der Waals surface area contributed by atoms with Crippen LogP contribution in [-0.4, -0.2) is 25.3 Å². The van der Waals surface area contributed by atoms with Crippen molar-refractivity contribution in [2.45, 2.75) is 11.8 Å². The molecule has 0 spiro atoms. The lowest BCUT2D eigenvalue weighted by Crippen LogP contribution is -2.16. The van der Waals surface area contributed by atoms with Gasteiger partial charge in [-0.05, 0) is 41.8 Å². The molecule has 3 rings (SSSR count). The lowest BCUT2D eigenvalue weighted by molar-refractivity contribution is -0.138. The maximum atomic E-state index is 11.5. The number of benzene rings is 2. The van der Waals surface area contributed by atoms with Crippen molar-refractivity contribution in [3.8, 4) is 11.5 Å². The van der Waals surface area contributed by atoms with Gasteiger partial charge in [0.2, 0.25) is 0 Å². The summed E-state index contributed by atoms with van der Waals surface area (Å²) in [6, 6.07) is 15.3. The maximum Gasteiger partial charge on any atom is 0.307 e. The quantitative estimate of drug-likeness (QED) is 0.921. The summed E-state index contributed by atoms with van der Waals surface area (Å²) in [5.41, 5.74) is 1.56. The van der Waals surface area contributed by atoms with Crippen molar-refractivity contribution < 1.29 is 19.4 Å². The highest BCUT2D eigenvalue weighted by Gasteiger charge is 2.60. The van der Waals surface area contributed by atoms with Crippen molar-refractivity contribution in [3.05, 3.63) is 59.7 Å². The zero-order valence-electron chi connectivity index (χ0n) is 12.6. The first kappa shape index (κ1) is 14.4. The predicted octanol–water partition coefficient (Wildman–Crippen LogP) is 3.09. The van der Waals surface area contributed by atoms with Gasteiger partial charge in [-0.3, -0.25) is 4.79 Å². The molecule has 0 aliphatic heterocycles. The molecule has 22 heavy (non-hydrogen) atoms. The molecular formula is C18H18O4. The summed E-state index contributed by atoms with van der Waals surface area (Å²) in [7, 11) is 3.23. The number of methoxy groups -OCH3 is 2. The van der Waals surface area contributed by atoms with Crippen LogP contribution in [0.25, 0.3) is 0 Å². The molecule has 2 aromatic carbocycles. The van der Waals surface area contributed by atoms with Gasteiger partial charge in [-0.2, -0.15) is 0 Å². The van der Waals surface area contributed by atoms with Gasteiger partial charge in [0.1, 0.15) is 11.5 Å². The predicted molar refractivity (Wildman–Crippen MR) is 82.5 cm³/mol. The minimum absolute atomic E-state index is 0.394. The molecule has 1 aliphatic carbocycles. The van der Waals surface area contributed by atoms with E-state index in [4.69, 9.17) is 9.47 Å². The van der Waals surface area contributed by atoms with E-state index >= 15 is 0 Å². The Morgan fingerprint density at radius 2 is 1.36 bits per heavy atom. The number of aliphatic carboxylic acids is 1. The molecule has 4 nitrogen and oxygen atoms in total. The molecule has 4 heteroatoms. The number of hydrogen-bond donors (Lipinski definition) is 1. The molecule has 0 amide bonds. The van der Waals surface area contributed by atoms with Crippen LogP contribution in [0.1, 0.15) is 17.5 Å². The van der Waals surface area contributed by atoms with E-state index in [1.807, 2.05) is 48.5 Å². The fourth-order valence-corrected chi connectivity index (χ4v) is 3.14. The van der Waals surface area contributed by atoms with Crippen molar-refractivity contribution in [1.82, 2.24) is 0 Å². The topological polar surface area (TPSA) is 55.8 Å². The lowest BCUT2D eigenvalue weighted by Gasteiger charge is -2.18. The summed E-state index contributed by atoms with van der Waals surface area (Å²) in [6.07, 6.45) is 0.612. The van der Waals surface area contributed by atoms with E-state index in [1.54, 1.807) is 14.2 Å². The van der Waals surface area contributed by atoms with Crippen LogP contribution in [0.2, 0.25) is 0 Å². The molecule has 0 aromatic heterocycles. The molecule has 1 atom stereocenters. The Bertz CT molecular complexity index is 626. The average Bonchev–Trinajstić information content (AvgIpc) is 3.32. The standard InChI is InChI=1S/C18H18O4/c1-21-14-7-3-12(4-8-14)18(11-16(18)17(19)20)13-5-9-15(22-2)10-6-13/h3-10,16H,11H2,1-2H3,(H,19,20)/t16-/m0/s1. The Morgan fingerprint density at radius 3 is 1.64 bits per heavy atom. The fourth-order valence-electron chi connectivity index (χ4n) is 3.14. The van der Waals surface area contributed by atoms with Gasteiger partial charge in [0.15, 0.2) is 0 Å². The molecule has 1 saturated carbocycles. The van der Waals surface area contributed by atoms with E-state index in [9.17, 15) is 9.90 Å². The Labute approximate surface area is 129 Å². The number of rotatable bonds is 5. The molecule has 2 aromatic rings.